The van der Waals surface area contributed by atoms with Gasteiger partial charge in [-0.25, -0.2) is 4.39 Å². The molecule has 0 spiro atoms. The first-order valence-corrected chi connectivity index (χ1v) is 6.38. The minimum Gasteiger partial charge on any atom is -0.488 e. The number of hydrogen-bond acceptors (Lipinski definition) is 2. The Kier molecular flexibility index (Phi) is 3.11. The van der Waals surface area contributed by atoms with E-state index in [0.29, 0.717) is 16.9 Å². The molecule has 0 saturated carbocycles. The molecule has 1 aliphatic heterocycles. The predicted octanol–water partition coefficient (Wildman–Crippen LogP) is 3.79. The average Bonchev–Trinajstić information content (AvgIpc) is 2.45. The fraction of sp³-hybridized carbons (Fsp3) is 0.118. The van der Waals surface area contributed by atoms with Gasteiger partial charge in [-0.05, 0) is 42.8 Å². The summed E-state index contributed by atoms with van der Waals surface area (Å²) >= 11 is 0. The highest BCUT2D eigenvalue weighted by atomic mass is 19.1. The van der Waals surface area contributed by atoms with Gasteiger partial charge in [0.2, 0.25) is 0 Å². The zero-order valence-corrected chi connectivity index (χ0v) is 11.0. The monoisotopic (exact) mass is 268 g/mol. The van der Waals surface area contributed by atoms with Gasteiger partial charge in [0, 0.05) is 5.57 Å². The molecule has 2 nitrogen and oxygen atoms in total. The first-order chi connectivity index (χ1) is 9.63. The molecule has 0 amide bonds. The van der Waals surface area contributed by atoms with Crippen LogP contribution in [0.15, 0.2) is 48.0 Å². The Morgan fingerprint density at radius 2 is 1.90 bits per heavy atom. The summed E-state index contributed by atoms with van der Waals surface area (Å²) in [6.07, 6.45) is 1.74. The van der Waals surface area contributed by atoms with Crippen LogP contribution in [-0.4, -0.2) is 12.4 Å². The van der Waals surface area contributed by atoms with Crippen molar-refractivity contribution in [3.8, 4) is 5.75 Å². The molecule has 0 atom stereocenters. The van der Waals surface area contributed by atoms with Crippen LogP contribution >= 0.6 is 0 Å². The molecule has 0 aromatic heterocycles. The lowest BCUT2D eigenvalue weighted by Gasteiger charge is -2.19. The maximum absolute atomic E-state index is 12.9. The first kappa shape index (κ1) is 12.6. The van der Waals surface area contributed by atoms with Crippen molar-refractivity contribution in [2.24, 2.45) is 0 Å². The molecule has 3 rings (SSSR count). The summed E-state index contributed by atoms with van der Waals surface area (Å²) in [4.78, 5) is 12.4. The van der Waals surface area contributed by atoms with E-state index in [1.54, 1.807) is 18.2 Å². The molecule has 0 radical (unpaired) electrons. The maximum Gasteiger partial charge on any atom is 0.196 e. The first-order valence-electron chi connectivity index (χ1n) is 6.38. The van der Waals surface area contributed by atoms with E-state index in [1.807, 2.05) is 25.1 Å². The van der Waals surface area contributed by atoms with Crippen molar-refractivity contribution in [3.63, 3.8) is 0 Å². The highest BCUT2D eigenvalue weighted by Gasteiger charge is 2.23. The molecule has 0 unspecified atom stereocenters. The molecule has 3 heteroatoms. The van der Waals surface area contributed by atoms with Crippen LogP contribution in [0.25, 0.3) is 6.08 Å². The van der Waals surface area contributed by atoms with Gasteiger partial charge in [0.05, 0.1) is 5.56 Å². The average molecular weight is 268 g/mol. The summed E-state index contributed by atoms with van der Waals surface area (Å²) in [7, 11) is 0. The lowest BCUT2D eigenvalue weighted by Crippen LogP contribution is -2.19. The third-order valence-electron chi connectivity index (χ3n) is 3.27. The number of ether oxygens (including phenoxy) is 1. The summed E-state index contributed by atoms with van der Waals surface area (Å²) < 4.78 is 18.5. The molecular weight excluding hydrogens is 255 g/mol. The molecule has 2 aromatic rings. The van der Waals surface area contributed by atoms with E-state index in [4.69, 9.17) is 4.74 Å². The van der Waals surface area contributed by atoms with Gasteiger partial charge in [-0.2, -0.15) is 0 Å². The van der Waals surface area contributed by atoms with E-state index in [2.05, 4.69) is 0 Å². The van der Waals surface area contributed by atoms with Crippen LogP contribution in [0.5, 0.6) is 5.75 Å². The third-order valence-corrected chi connectivity index (χ3v) is 3.27. The molecule has 20 heavy (non-hydrogen) atoms. The molecule has 0 N–H and O–H groups in total. The second-order valence-corrected chi connectivity index (χ2v) is 4.84. The standard InChI is InChI=1S/C17H13FO2/c1-11-2-7-16-15(8-11)17(19)13(10-20-16)9-12-3-5-14(18)6-4-12/h2-9H,10H2,1H3/b13-9+. The van der Waals surface area contributed by atoms with Crippen LogP contribution in [-0.2, 0) is 0 Å². The summed E-state index contributed by atoms with van der Waals surface area (Å²) in [6, 6.07) is 11.6. The van der Waals surface area contributed by atoms with Crippen LogP contribution in [0.3, 0.4) is 0 Å². The van der Waals surface area contributed by atoms with E-state index in [0.717, 1.165) is 11.1 Å². The van der Waals surface area contributed by atoms with Gasteiger partial charge in [-0.15, -0.1) is 0 Å². The zero-order chi connectivity index (χ0) is 14.1. The normalized spacial score (nSPS) is 15.9. The van der Waals surface area contributed by atoms with Crippen LogP contribution in [0.1, 0.15) is 21.5 Å². The minimum atomic E-state index is -0.292. The summed E-state index contributed by atoms with van der Waals surface area (Å²) in [5.41, 5.74) is 2.97. The van der Waals surface area contributed by atoms with E-state index in [1.165, 1.54) is 12.1 Å². The Morgan fingerprint density at radius 3 is 2.65 bits per heavy atom. The predicted molar refractivity (Wildman–Crippen MR) is 75.4 cm³/mol. The van der Waals surface area contributed by atoms with Crippen molar-refractivity contribution in [2.45, 2.75) is 6.92 Å². The van der Waals surface area contributed by atoms with Gasteiger partial charge in [0.15, 0.2) is 5.78 Å². The molecule has 0 saturated heterocycles. The maximum atomic E-state index is 12.9. The second kappa shape index (κ2) is 4.93. The van der Waals surface area contributed by atoms with Gasteiger partial charge < -0.3 is 4.74 Å². The van der Waals surface area contributed by atoms with E-state index in [9.17, 15) is 9.18 Å². The lowest BCUT2D eigenvalue weighted by atomic mass is 9.97. The fourth-order valence-corrected chi connectivity index (χ4v) is 2.21. The molecule has 2 aromatic carbocycles. The molecule has 0 aliphatic carbocycles. The number of Topliss-reactive ketones (excluding diaryl/α,β-unsaturated/α-hetero) is 1. The summed E-state index contributed by atoms with van der Waals surface area (Å²) in [5, 5.41) is 0. The topological polar surface area (TPSA) is 26.3 Å². The number of carbonyl (C=O) groups is 1. The fourth-order valence-electron chi connectivity index (χ4n) is 2.21. The molecule has 0 bridgehead atoms. The van der Waals surface area contributed by atoms with Crippen molar-refractivity contribution in [3.05, 3.63) is 70.5 Å². The smallest absolute Gasteiger partial charge is 0.196 e. The van der Waals surface area contributed by atoms with Crippen molar-refractivity contribution < 1.29 is 13.9 Å². The highest BCUT2D eigenvalue weighted by molar-refractivity contribution is 6.14. The van der Waals surface area contributed by atoms with Gasteiger partial charge in [0.25, 0.3) is 0 Å². The van der Waals surface area contributed by atoms with Crippen LogP contribution in [0.4, 0.5) is 4.39 Å². The lowest BCUT2D eigenvalue weighted by molar-refractivity contribution is 0.100. The van der Waals surface area contributed by atoms with E-state index in [-0.39, 0.29) is 18.2 Å². The summed E-state index contributed by atoms with van der Waals surface area (Å²) in [6.45, 7) is 2.18. The minimum absolute atomic E-state index is 0.0284. The number of benzene rings is 2. The largest absolute Gasteiger partial charge is 0.488 e. The Balaban J connectivity index is 1.97. The molecule has 1 aliphatic rings. The molecular formula is C17H13FO2. The number of rotatable bonds is 1. The number of ketones is 1. The number of fused-ring (bicyclic) bond motifs is 1. The van der Waals surface area contributed by atoms with Crippen molar-refractivity contribution in [2.75, 3.05) is 6.61 Å². The van der Waals surface area contributed by atoms with Crippen molar-refractivity contribution in [1.29, 1.82) is 0 Å². The number of halogens is 1. The summed E-state index contributed by atoms with van der Waals surface area (Å²) in [5.74, 6) is 0.301. The van der Waals surface area contributed by atoms with Gasteiger partial charge in [0.1, 0.15) is 18.2 Å². The van der Waals surface area contributed by atoms with Crippen molar-refractivity contribution in [1.82, 2.24) is 0 Å². The zero-order valence-electron chi connectivity index (χ0n) is 11.0. The van der Waals surface area contributed by atoms with E-state index < -0.39 is 0 Å². The second-order valence-electron chi connectivity index (χ2n) is 4.84. The number of hydrogen-bond donors (Lipinski definition) is 0. The Labute approximate surface area is 116 Å². The van der Waals surface area contributed by atoms with Gasteiger partial charge in [-0.1, -0.05) is 23.8 Å². The van der Waals surface area contributed by atoms with Crippen LogP contribution < -0.4 is 4.74 Å². The third kappa shape index (κ3) is 2.35. The Morgan fingerprint density at radius 1 is 1.15 bits per heavy atom. The number of carbonyl (C=O) groups excluding carboxylic acids is 1. The Hall–Kier alpha value is -2.42. The Bertz CT molecular complexity index is 699. The van der Waals surface area contributed by atoms with Crippen LogP contribution in [0, 0.1) is 12.7 Å². The molecule has 1 heterocycles. The highest BCUT2D eigenvalue weighted by Crippen LogP contribution is 2.28. The molecule has 0 fully saturated rings. The van der Waals surface area contributed by atoms with Crippen molar-refractivity contribution >= 4 is 11.9 Å². The van der Waals surface area contributed by atoms with Gasteiger partial charge in [-0.3, -0.25) is 4.79 Å². The SMILES string of the molecule is Cc1ccc2c(c1)C(=O)/C(=C/c1ccc(F)cc1)CO2. The van der Waals surface area contributed by atoms with Gasteiger partial charge >= 0.3 is 0 Å². The quantitative estimate of drug-likeness (QED) is 0.735. The molecule has 100 valence electrons. The number of aryl methyl sites for hydroxylation is 1. The van der Waals surface area contributed by atoms with E-state index >= 15 is 0 Å². The van der Waals surface area contributed by atoms with Crippen LogP contribution in [0.2, 0.25) is 0 Å².